The van der Waals surface area contributed by atoms with E-state index in [2.05, 4.69) is 16.5 Å². The van der Waals surface area contributed by atoms with E-state index in [1.807, 2.05) is 11.4 Å². The summed E-state index contributed by atoms with van der Waals surface area (Å²) in [5, 5.41) is 2.63. The summed E-state index contributed by atoms with van der Waals surface area (Å²) >= 11 is 2.92. The fourth-order valence-electron chi connectivity index (χ4n) is 3.20. The molecule has 0 bridgehead atoms. The van der Waals surface area contributed by atoms with Crippen molar-refractivity contribution in [1.29, 1.82) is 0 Å². The van der Waals surface area contributed by atoms with E-state index in [4.69, 9.17) is 4.98 Å². The fraction of sp³-hybridized carbons (Fsp3) is 0.350. The summed E-state index contributed by atoms with van der Waals surface area (Å²) in [6, 6.07) is 6.62. The van der Waals surface area contributed by atoms with Gasteiger partial charge in [-0.15, -0.1) is 11.3 Å². The summed E-state index contributed by atoms with van der Waals surface area (Å²) in [6.07, 6.45) is 3.73. The van der Waals surface area contributed by atoms with Crippen molar-refractivity contribution in [3.8, 4) is 0 Å². The largest absolute Gasteiger partial charge is 0.319 e. The van der Waals surface area contributed by atoms with Gasteiger partial charge < -0.3 is 4.57 Å². The first kappa shape index (κ1) is 22.0. The van der Waals surface area contributed by atoms with Gasteiger partial charge in [0.15, 0.2) is 10.1 Å². The van der Waals surface area contributed by atoms with Crippen LogP contribution in [-0.2, 0) is 22.3 Å². The molecule has 0 aliphatic rings. The molecule has 4 rings (SSSR count). The average molecular weight is 478 g/mol. The Hall–Kier alpha value is -2.21. The van der Waals surface area contributed by atoms with Gasteiger partial charge in [0.1, 0.15) is 0 Å². The van der Waals surface area contributed by atoms with E-state index in [0.29, 0.717) is 21.9 Å². The van der Waals surface area contributed by atoms with Gasteiger partial charge in [0.2, 0.25) is 10.0 Å². The summed E-state index contributed by atoms with van der Waals surface area (Å²) in [4.78, 5) is 22.4. The fourth-order valence-corrected chi connectivity index (χ4v) is 5.80. The number of imidazole rings is 1. The number of fused-ring (bicyclic) bond motifs is 2. The summed E-state index contributed by atoms with van der Waals surface area (Å²) < 4.78 is 29.9. The first-order valence-electron chi connectivity index (χ1n) is 9.82. The Kier molecular flexibility index (Phi) is 6.20. The van der Waals surface area contributed by atoms with Crippen LogP contribution in [0.5, 0.6) is 0 Å². The summed E-state index contributed by atoms with van der Waals surface area (Å²) in [7, 11) is -0.504. The maximum atomic E-state index is 12.5. The molecule has 0 radical (unpaired) electrons. The van der Waals surface area contributed by atoms with Gasteiger partial charge in [0, 0.05) is 44.0 Å². The number of sulfonamides is 1. The van der Waals surface area contributed by atoms with Gasteiger partial charge in [-0.05, 0) is 24.6 Å². The first-order chi connectivity index (χ1) is 14.8. The lowest BCUT2D eigenvalue weighted by Crippen LogP contribution is -2.22. The maximum Gasteiger partial charge on any atom is 0.258 e. The lowest BCUT2D eigenvalue weighted by Gasteiger charge is -2.11. The number of hydrogen-bond donors (Lipinski definition) is 0. The molecular formula is C20H23N5O3S3. The van der Waals surface area contributed by atoms with Gasteiger partial charge in [0.25, 0.3) is 5.56 Å². The number of aromatic nitrogens is 4. The highest BCUT2D eigenvalue weighted by atomic mass is 32.2. The topological polar surface area (TPSA) is 89.6 Å². The van der Waals surface area contributed by atoms with Crippen LogP contribution in [0.4, 0.5) is 0 Å². The number of aryl methyl sites for hydroxylation is 1. The van der Waals surface area contributed by atoms with Gasteiger partial charge in [-0.1, -0.05) is 25.1 Å². The molecule has 31 heavy (non-hydrogen) atoms. The molecule has 4 aromatic rings. The summed E-state index contributed by atoms with van der Waals surface area (Å²) in [5.74, 6) is 0.502. The normalized spacial score (nSPS) is 12.4. The second-order valence-corrected chi connectivity index (χ2v) is 11.2. The van der Waals surface area contributed by atoms with Gasteiger partial charge in [-0.3, -0.25) is 9.20 Å². The Bertz CT molecular complexity index is 1400. The second-order valence-electron chi connectivity index (χ2n) is 7.27. The molecule has 3 aromatic heterocycles. The van der Waals surface area contributed by atoms with Gasteiger partial charge >= 0.3 is 0 Å². The maximum absolute atomic E-state index is 12.5. The van der Waals surface area contributed by atoms with Crippen LogP contribution in [0.2, 0.25) is 0 Å². The number of nitrogens with zero attached hydrogens (tertiary/aromatic N) is 5. The Labute approximate surface area is 188 Å². The minimum absolute atomic E-state index is 0.0973. The van der Waals surface area contributed by atoms with E-state index in [-0.39, 0.29) is 10.5 Å². The van der Waals surface area contributed by atoms with Crippen LogP contribution >= 0.6 is 23.1 Å². The van der Waals surface area contributed by atoms with Crippen molar-refractivity contribution in [2.24, 2.45) is 0 Å². The van der Waals surface area contributed by atoms with E-state index in [1.54, 1.807) is 24.4 Å². The van der Waals surface area contributed by atoms with E-state index in [9.17, 15) is 13.2 Å². The highest BCUT2D eigenvalue weighted by Gasteiger charge is 2.20. The number of thiazole rings is 1. The highest BCUT2D eigenvalue weighted by molar-refractivity contribution is 7.98. The number of unbranched alkanes of at least 4 members (excludes halogenated alkanes) is 1. The van der Waals surface area contributed by atoms with Crippen molar-refractivity contribution in [1.82, 2.24) is 23.2 Å². The van der Waals surface area contributed by atoms with Gasteiger partial charge in [0.05, 0.1) is 21.6 Å². The van der Waals surface area contributed by atoms with E-state index >= 15 is 0 Å². The molecule has 8 nitrogen and oxygen atoms in total. The van der Waals surface area contributed by atoms with Crippen molar-refractivity contribution in [2.45, 2.75) is 42.1 Å². The number of benzene rings is 1. The van der Waals surface area contributed by atoms with Crippen molar-refractivity contribution in [3.63, 3.8) is 0 Å². The highest BCUT2D eigenvalue weighted by Crippen LogP contribution is 2.29. The zero-order chi connectivity index (χ0) is 22.2. The molecule has 0 aliphatic heterocycles. The Morgan fingerprint density at radius 1 is 1.19 bits per heavy atom. The van der Waals surface area contributed by atoms with Gasteiger partial charge in [-0.2, -0.15) is 0 Å². The third-order valence-corrected chi connectivity index (χ3v) is 8.48. The smallest absolute Gasteiger partial charge is 0.258 e. The van der Waals surface area contributed by atoms with Crippen LogP contribution in [0.1, 0.15) is 25.5 Å². The Morgan fingerprint density at radius 2 is 2.00 bits per heavy atom. The lowest BCUT2D eigenvalue weighted by molar-refractivity contribution is 0.521. The zero-order valence-corrected chi connectivity index (χ0v) is 19.9. The Morgan fingerprint density at radius 3 is 2.74 bits per heavy atom. The first-order valence-corrected chi connectivity index (χ1v) is 13.1. The molecule has 0 aliphatic carbocycles. The van der Waals surface area contributed by atoms with Crippen molar-refractivity contribution < 1.29 is 8.42 Å². The molecule has 11 heteroatoms. The quantitative estimate of drug-likeness (QED) is 0.361. The van der Waals surface area contributed by atoms with Crippen LogP contribution in [-0.4, -0.2) is 45.8 Å². The minimum atomic E-state index is -3.53. The van der Waals surface area contributed by atoms with Crippen LogP contribution in [0.15, 0.2) is 50.7 Å². The van der Waals surface area contributed by atoms with Crippen molar-refractivity contribution in [2.75, 3.05) is 14.1 Å². The van der Waals surface area contributed by atoms with E-state index < -0.39 is 10.0 Å². The van der Waals surface area contributed by atoms with E-state index in [0.717, 1.165) is 30.1 Å². The Balaban J connectivity index is 1.70. The van der Waals surface area contributed by atoms with Crippen LogP contribution in [0, 0.1) is 0 Å². The SMILES string of the molecule is CCCCn1c(SCc2cc(=O)n3ccsc3n2)nc2cc(S(=O)(=O)N(C)C)ccc21. The molecule has 3 heterocycles. The summed E-state index contributed by atoms with van der Waals surface area (Å²) in [5.41, 5.74) is 2.14. The second kappa shape index (κ2) is 8.73. The molecule has 0 fully saturated rings. The number of rotatable bonds is 8. The molecule has 0 amide bonds. The van der Waals surface area contributed by atoms with Crippen LogP contribution in [0.3, 0.4) is 0 Å². The molecule has 0 saturated heterocycles. The third-order valence-electron chi connectivity index (χ3n) is 4.90. The van der Waals surface area contributed by atoms with E-state index in [1.165, 1.54) is 45.9 Å². The molecule has 164 valence electrons. The van der Waals surface area contributed by atoms with Crippen LogP contribution < -0.4 is 5.56 Å². The average Bonchev–Trinajstić information content (AvgIpc) is 3.34. The molecule has 1 aromatic carbocycles. The molecule has 0 atom stereocenters. The predicted molar refractivity (Wildman–Crippen MR) is 124 cm³/mol. The monoisotopic (exact) mass is 477 g/mol. The number of thioether (sulfide) groups is 1. The molecule has 0 N–H and O–H groups in total. The molecular weight excluding hydrogens is 454 g/mol. The van der Waals surface area contributed by atoms with Crippen LogP contribution in [0.25, 0.3) is 16.0 Å². The summed E-state index contributed by atoms with van der Waals surface area (Å²) in [6.45, 7) is 2.91. The predicted octanol–water partition coefficient (Wildman–Crippen LogP) is 3.45. The standard InChI is InChI=1S/C20H23N5O3S3/c1-4-5-8-24-17-7-6-15(31(27,28)23(2)3)12-16(17)22-20(24)30-13-14-11-18(26)25-9-10-29-19(25)21-14/h6-7,9-12H,4-5,8,13H2,1-3H3. The molecule has 0 unspecified atom stereocenters. The van der Waals surface area contributed by atoms with Crippen molar-refractivity contribution >= 4 is 49.1 Å². The lowest BCUT2D eigenvalue weighted by atomic mass is 10.3. The van der Waals surface area contributed by atoms with Gasteiger partial charge in [-0.25, -0.2) is 22.7 Å². The zero-order valence-electron chi connectivity index (χ0n) is 17.5. The number of hydrogen-bond acceptors (Lipinski definition) is 7. The molecule has 0 spiro atoms. The molecule has 0 saturated carbocycles. The minimum Gasteiger partial charge on any atom is -0.319 e. The third kappa shape index (κ3) is 4.27. The van der Waals surface area contributed by atoms with Crippen molar-refractivity contribution in [3.05, 3.63) is 51.9 Å².